The molecule has 1 atom stereocenters. The van der Waals surface area contributed by atoms with Crippen molar-refractivity contribution in [1.29, 1.82) is 0 Å². The molecule has 1 unspecified atom stereocenters. The molecule has 0 spiro atoms. The van der Waals surface area contributed by atoms with Crippen LogP contribution in [0.3, 0.4) is 0 Å². The van der Waals surface area contributed by atoms with Gasteiger partial charge in [0, 0.05) is 16.9 Å². The van der Waals surface area contributed by atoms with Crippen LogP contribution in [0.1, 0.15) is 49.9 Å². The molecule has 202 valence electrons. The van der Waals surface area contributed by atoms with E-state index in [2.05, 4.69) is 16.0 Å². The van der Waals surface area contributed by atoms with Crippen molar-refractivity contribution in [3.63, 3.8) is 0 Å². The standard InChI is InChI=1S/C30H34F3N3O2/c1-4-21-10-8-14-24(18-21)34-26(16-17-30(31,32)33)28(38)35-25-15-9-13-23(19-25)27(36-29(2,3)20-37)22-11-6-5-7-12-22/h5-16,18-19,27,34,36-37H,4,17,20H2,1-3H3,(H,35,38)/b26-16-. The summed E-state index contributed by atoms with van der Waals surface area (Å²) in [6, 6.07) is 23.7. The first-order valence-corrected chi connectivity index (χ1v) is 12.5. The summed E-state index contributed by atoms with van der Waals surface area (Å²) >= 11 is 0. The van der Waals surface area contributed by atoms with Crippen LogP contribution in [0, 0.1) is 0 Å². The zero-order chi connectivity index (χ0) is 27.8. The monoisotopic (exact) mass is 525 g/mol. The second-order valence-corrected chi connectivity index (χ2v) is 9.73. The van der Waals surface area contributed by atoms with E-state index in [9.17, 15) is 23.1 Å². The van der Waals surface area contributed by atoms with Crippen molar-refractivity contribution >= 4 is 17.3 Å². The van der Waals surface area contributed by atoms with Gasteiger partial charge in [-0.3, -0.25) is 10.1 Å². The van der Waals surface area contributed by atoms with E-state index in [-0.39, 0.29) is 18.3 Å². The lowest BCUT2D eigenvalue weighted by molar-refractivity contribution is -0.125. The molecule has 0 aliphatic rings. The number of hydrogen-bond donors (Lipinski definition) is 4. The fourth-order valence-electron chi connectivity index (χ4n) is 3.88. The molecule has 0 radical (unpaired) electrons. The number of halogens is 3. The first kappa shape index (κ1) is 28.9. The number of carbonyl (C=O) groups is 1. The van der Waals surface area contributed by atoms with E-state index in [1.165, 1.54) is 0 Å². The van der Waals surface area contributed by atoms with E-state index in [0.29, 0.717) is 11.4 Å². The first-order chi connectivity index (χ1) is 18.0. The summed E-state index contributed by atoms with van der Waals surface area (Å²) < 4.78 is 39.0. The Kier molecular flexibility index (Phi) is 9.72. The van der Waals surface area contributed by atoms with E-state index < -0.39 is 24.0 Å². The molecule has 4 N–H and O–H groups in total. The Morgan fingerprint density at radius 2 is 1.53 bits per heavy atom. The van der Waals surface area contributed by atoms with Gasteiger partial charge in [0.15, 0.2) is 0 Å². The SMILES string of the molecule is CCc1cccc(N/C(=C\CC(F)(F)F)C(=O)Nc2cccc(C(NC(C)(C)CO)c3ccccc3)c2)c1. The van der Waals surface area contributed by atoms with Crippen LogP contribution >= 0.6 is 0 Å². The summed E-state index contributed by atoms with van der Waals surface area (Å²) in [7, 11) is 0. The number of aliphatic hydroxyl groups excluding tert-OH is 1. The number of aryl methyl sites for hydroxylation is 1. The molecule has 0 aromatic heterocycles. The quantitative estimate of drug-likeness (QED) is 0.213. The highest BCUT2D eigenvalue weighted by Crippen LogP contribution is 2.27. The maximum atomic E-state index is 13.2. The molecule has 0 fully saturated rings. The summed E-state index contributed by atoms with van der Waals surface area (Å²) in [5, 5.41) is 18.9. The van der Waals surface area contributed by atoms with E-state index in [1.807, 2.05) is 63.2 Å². The molecular formula is C30H34F3N3O2. The minimum atomic E-state index is -4.45. The number of amides is 1. The number of benzene rings is 3. The van der Waals surface area contributed by atoms with Crippen molar-refractivity contribution in [2.24, 2.45) is 0 Å². The summed E-state index contributed by atoms with van der Waals surface area (Å²) in [6.45, 7) is 5.64. The van der Waals surface area contributed by atoms with Crippen molar-refractivity contribution < 1.29 is 23.1 Å². The molecule has 0 saturated carbocycles. The predicted molar refractivity (Wildman–Crippen MR) is 146 cm³/mol. The Balaban J connectivity index is 1.89. The first-order valence-electron chi connectivity index (χ1n) is 12.5. The fraction of sp³-hybridized carbons (Fsp3) is 0.300. The topological polar surface area (TPSA) is 73.4 Å². The maximum absolute atomic E-state index is 13.2. The summed E-state index contributed by atoms with van der Waals surface area (Å²) in [6.07, 6.45) is -4.09. The van der Waals surface area contributed by atoms with Crippen LogP contribution in [0.15, 0.2) is 90.6 Å². The number of nitrogens with one attached hydrogen (secondary N) is 3. The van der Waals surface area contributed by atoms with Gasteiger partial charge in [-0.2, -0.15) is 13.2 Å². The zero-order valence-corrected chi connectivity index (χ0v) is 21.8. The maximum Gasteiger partial charge on any atom is 0.392 e. The smallest absolute Gasteiger partial charge is 0.392 e. The van der Waals surface area contributed by atoms with Crippen LogP contribution in [0.5, 0.6) is 0 Å². The van der Waals surface area contributed by atoms with Gasteiger partial charge in [0.25, 0.3) is 5.91 Å². The summed E-state index contributed by atoms with van der Waals surface area (Å²) in [4.78, 5) is 13.2. The third-order valence-electron chi connectivity index (χ3n) is 5.94. The van der Waals surface area contributed by atoms with Gasteiger partial charge in [0.2, 0.25) is 0 Å². The molecule has 0 bridgehead atoms. The molecule has 0 saturated heterocycles. The fourth-order valence-corrected chi connectivity index (χ4v) is 3.88. The van der Waals surface area contributed by atoms with Gasteiger partial charge < -0.3 is 15.7 Å². The zero-order valence-electron chi connectivity index (χ0n) is 21.8. The normalized spacial score (nSPS) is 13.2. The predicted octanol–water partition coefficient (Wildman–Crippen LogP) is 6.59. The number of rotatable bonds is 11. The van der Waals surface area contributed by atoms with Gasteiger partial charge in [-0.05, 0) is 67.3 Å². The largest absolute Gasteiger partial charge is 0.394 e. The second kappa shape index (κ2) is 12.8. The molecule has 3 aromatic rings. The van der Waals surface area contributed by atoms with Crippen LogP contribution in [-0.2, 0) is 11.2 Å². The molecule has 8 heteroatoms. The van der Waals surface area contributed by atoms with Crippen LogP contribution in [-0.4, -0.2) is 29.3 Å². The highest BCUT2D eigenvalue weighted by atomic mass is 19.4. The molecule has 0 aliphatic carbocycles. The number of alkyl halides is 3. The van der Waals surface area contributed by atoms with Gasteiger partial charge in [0.1, 0.15) is 5.70 Å². The van der Waals surface area contributed by atoms with E-state index in [1.54, 1.807) is 36.4 Å². The number of hydrogen-bond acceptors (Lipinski definition) is 4. The number of allylic oxidation sites excluding steroid dienone is 1. The lowest BCUT2D eigenvalue weighted by atomic mass is 9.94. The highest BCUT2D eigenvalue weighted by molar-refractivity contribution is 6.05. The average molecular weight is 526 g/mol. The molecule has 0 heterocycles. The molecule has 0 aliphatic heterocycles. The lowest BCUT2D eigenvalue weighted by Crippen LogP contribution is -2.45. The van der Waals surface area contributed by atoms with Crippen LogP contribution < -0.4 is 16.0 Å². The summed E-state index contributed by atoms with van der Waals surface area (Å²) in [5.41, 5.74) is 2.94. The van der Waals surface area contributed by atoms with Crippen molar-refractivity contribution in [2.75, 3.05) is 17.2 Å². The van der Waals surface area contributed by atoms with Crippen LogP contribution in [0.2, 0.25) is 0 Å². The minimum absolute atomic E-state index is 0.0922. The Morgan fingerprint density at radius 1 is 0.895 bits per heavy atom. The van der Waals surface area contributed by atoms with E-state index in [4.69, 9.17) is 0 Å². The molecule has 5 nitrogen and oxygen atoms in total. The summed E-state index contributed by atoms with van der Waals surface area (Å²) in [5.74, 6) is -0.687. The molecule has 3 aromatic carbocycles. The van der Waals surface area contributed by atoms with Gasteiger partial charge in [0.05, 0.1) is 19.1 Å². The average Bonchev–Trinajstić information content (AvgIpc) is 2.90. The Labute approximate surface area is 221 Å². The third kappa shape index (κ3) is 8.75. The molecule has 38 heavy (non-hydrogen) atoms. The van der Waals surface area contributed by atoms with E-state index in [0.717, 1.165) is 29.2 Å². The van der Waals surface area contributed by atoms with Gasteiger partial charge in [-0.15, -0.1) is 0 Å². The molecule has 3 rings (SSSR count). The van der Waals surface area contributed by atoms with Crippen LogP contribution in [0.4, 0.5) is 24.5 Å². The van der Waals surface area contributed by atoms with Gasteiger partial charge in [-0.25, -0.2) is 0 Å². The number of anilines is 2. The Morgan fingerprint density at radius 3 is 2.16 bits per heavy atom. The Hall–Kier alpha value is -3.62. The third-order valence-corrected chi connectivity index (χ3v) is 5.94. The Bertz CT molecular complexity index is 1240. The minimum Gasteiger partial charge on any atom is -0.394 e. The van der Waals surface area contributed by atoms with E-state index >= 15 is 0 Å². The number of aliphatic hydroxyl groups is 1. The molecular weight excluding hydrogens is 491 g/mol. The lowest BCUT2D eigenvalue weighted by Gasteiger charge is -2.31. The van der Waals surface area contributed by atoms with Gasteiger partial charge >= 0.3 is 6.18 Å². The van der Waals surface area contributed by atoms with Gasteiger partial charge in [-0.1, -0.05) is 61.5 Å². The van der Waals surface area contributed by atoms with Crippen molar-refractivity contribution in [2.45, 2.75) is 51.4 Å². The second-order valence-electron chi connectivity index (χ2n) is 9.73. The van der Waals surface area contributed by atoms with Crippen LogP contribution in [0.25, 0.3) is 0 Å². The molecule has 1 amide bonds. The van der Waals surface area contributed by atoms with Crippen molar-refractivity contribution in [3.05, 3.63) is 107 Å². The van der Waals surface area contributed by atoms with Crippen molar-refractivity contribution in [3.8, 4) is 0 Å². The van der Waals surface area contributed by atoms with Crippen molar-refractivity contribution in [1.82, 2.24) is 5.32 Å². The number of carbonyl (C=O) groups excluding carboxylic acids is 1. The highest BCUT2D eigenvalue weighted by Gasteiger charge is 2.27.